The first-order chi connectivity index (χ1) is 10.8. The molecule has 3 heterocycles. The van der Waals surface area contributed by atoms with Gasteiger partial charge in [-0.1, -0.05) is 0 Å². The summed E-state index contributed by atoms with van der Waals surface area (Å²) < 4.78 is 10.3. The zero-order valence-electron chi connectivity index (χ0n) is 12.9. The molecule has 2 aliphatic heterocycles. The highest BCUT2D eigenvalue weighted by molar-refractivity contribution is 5.79. The van der Waals surface area contributed by atoms with E-state index in [2.05, 4.69) is 15.1 Å². The van der Waals surface area contributed by atoms with Crippen LogP contribution in [0.15, 0.2) is 12.1 Å². The van der Waals surface area contributed by atoms with Gasteiger partial charge in [-0.3, -0.25) is 4.79 Å². The fraction of sp³-hybridized carbons (Fsp3) is 0.667. The second-order valence-electron chi connectivity index (χ2n) is 5.66. The first kappa shape index (κ1) is 15.0. The average molecular weight is 306 g/mol. The summed E-state index contributed by atoms with van der Waals surface area (Å²) in [6.45, 7) is 4.32. The van der Waals surface area contributed by atoms with Crippen LogP contribution in [0, 0.1) is 5.92 Å². The SMILES string of the molecule is COc1ccc(N2CCC[C@H](C(=O)N3CCOCC3)C2)nn1. The Balaban J connectivity index is 1.64. The highest BCUT2D eigenvalue weighted by atomic mass is 16.5. The molecule has 0 unspecified atom stereocenters. The first-order valence-electron chi connectivity index (χ1n) is 7.77. The average Bonchev–Trinajstić information content (AvgIpc) is 2.62. The van der Waals surface area contributed by atoms with Crippen molar-refractivity contribution in [2.75, 3.05) is 51.4 Å². The second kappa shape index (κ2) is 6.91. The van der Waals surface area contributed by atoms with Crippen molar-refractivity contribution in [1.82, 2.24) is 15.1 Å². The van der Waals surface area contributed by atoms with Crippen LogP contribution in [-0.4, -0.2) is 67.5 Å². The van der Waals surface area contributed by atoms with E-state index in [1.165, 1.54) is 0 Å². The summed E-state index contributed by atoms with van der Waals surface area (Å²) >= 11 is 0. The standard InChI is InChI=1S/C15H22N4O3/c1-21-14-5-4-13(16-17-14)19-6-2-3-12(11-19)15(20)18-7-9-22-10-8-18/h4-5,12H,2-3,6-11H2,1H3/t12-/m0/s1. The van der Waals surface area contributed by atoms with Gasteiger partial charge in [0.25, 0.3) is 0 Å². The van der Waals surface area contributed by atoms with Gasteiger partial charge in [0, 0.05) is 32.2 Å². The summed E-state index contributed by atoms with van der Waals surface area (Å²) in [4.78, 5) is 16.7. The van der Waals surface area contributed by atoms with Crippen molar-refractivity contribution in [3.8, 4) is 5.88 Å². The number of rotatable bonds is 3. The molecule has 0 radical (unpaired) electrons. The Morgan fingerprint density at radius 1 is 1.27 bits per heavy atom. The number of carbonyl (C=O) groups excluding carboxylic acids is 1. The summed E-state index contributed by atoms with van der Waals surface area (Å²) in [7, 11) is 1.57. The molecule has 2 saturated heterocycles. The summed E-state index contributed by atoms with van der Waals surface area (Å²) in [5.41, 5.74) is 0. The molecule has 0 spiro atoms. The van der Waals surface area contributed by atoms with Gasteiger partial charge in [0.2, 0.25) is 11.8 Å². The molecule has 2 fully saturated rings. The van der Waals surface area contributed by atoms with Gasteiger partial charge in [-0.15, -0.1) is 10.2 Å². The van der Waals surface area contributed by atoms with Crippen molar-refractivity contribution in [2.45, 2.75) is 12.8 Å². The minimum atomic E-state index is 0.0377. The Labute approximate surface area is 130 Å². The third kappa shape index (κ3) is 3.30. The van der Waals surface area contributed by atoms with Crippen LogP contribution in [0.5, 0.6) is 5.88 Å². The number of piperidine rings is 1. The highest BCUT2D eigenvalue weighted by Crippen LogP contribution is 2.23. The number of nitrogens with zero attached hydrogens (tertiary/aromatic N) is 4. The topological polar surface area (TPSA) is 67.8 Å². The van der Waals surface area contributed by atoms with E-state index in [4.69, 9.17) is 9.47 Å². The smallest absolute Gasteiger partial charge is 0.233 e. The largest absolute Gasteiger partial charge is 0.480 e. The van der Waals surface area contributed by atoms with Gasteiger partial charge >= 0.3 is 0 Å². The number of hydrogen-bond donors (Lipinski definition) is 0. The predicted octanol–water partition coefficient (Wildman–Crippen LogP) is 0.560. The first-order valence-corrected chi connectivity index (χ1v) is 7.77. The zero-order chi connectivity index (χ0) is 15.4. The predicted molar refractivity (Wildman–Crippen MR) is 80.9 cm³/mol. The third-order valence-electron chi connectivity index (χ3n) is 4.25. The van der Waals surface area contributed by atoms with Gasteiger partial charge in [0.1, 0.15) is 0 Å². The van der Waals surface area contributed by atoms with Crippen molar-refractivity contribution in [1.29, 1.82) is 0 Å². The lowest BCUT2D eigenvalue weighted by Crippen LogP contribution is -2.48. The van der Waals surface area contributed by atoms with E-state index in [1.54, 1.807) is 13.2 Å². The van der Waals surface area contributed by atoms with E-state index in [9.17, 15) is 4.79 Å². The van der Waals surface area contributed by atoms with E-state index < -0.39 is 0 Å². The van der Waals surface area contributed by atoms with Crippen LogP contribution in [0.1, 0.15) is 12.8 Å². The molecule has 1 aromatic rings. The Morgan fingerprint density at radius 3 is 2.77 bits per heavy atom. The number of methoxy groups -OCH3 is 1. The number of aromatic nitrogens is 2. The maximum Gasteiger partial charge on any atom is 0.233 e. The summed E-state index contributed by atoms with van der Waals surface area (Å²) in [5.74, 6) is 1.59. The van der Waals surface area contributed by atoms with Crippen molar-refractivity contribution in [3.05, 3.63) is 12.1 Å². The maximum absolute atomic E-state index is 12.6. The Bertz CT molecular complexity index is 502. The van der Waals surface area contributed by atoms with Crippen LogP contribution in [0.3, 0.4) is 0 Å². The Morgan fingerprint density at radius 2 is 2.09 bits per heavy atom. The molecule has 0 N–H and O–H groups in total. The minimum absolute atomic E-state index is 0.0377. The Kier molecular flexibility index (Phi) is 4.72. The summed E-state index contributed by atoms with van der Waals surface area (Å²) in [6.07, 6.45) is 1.94. The van der Waals surface area contributed by atoms with E-state index >= 15 is 0 Å². The van der Waals surface area contributed by atoms with Crippen LogP contribution in [0.4, 0.5) is 5.82 Å². The van der Waals surface area contributed by atoms with Crippen molar-refractivity contribution in [2.24, 2.45) is 5.92 Å². The maximum atomic E-state index is 12.6. The van der Waals surface area contributed by atoms with E-state index in [-0.39, 0.29) is 11.8 Å². The van der Waals surface area contributed by atoms with Gasteiger partial charge in [-0.2, -0.15) is 0 Å². The van der Waals surface area contributed by atoms with Crippen LogP contribution in [-0.2, 0) is 9.53 Å². The van der Waals surface area contributed by atoms with Gasteiger partial charge in [-0.25, -0.2) is 0 Å². The Hall–Kier alpha value is -1.89. The van der Waals surface area contributed by atoms with Gasteiger partial charge < -0.3 is 19.3 Å². The molecular formula is C15H22N4O3. The molecule has 1 amide bonds. The molecule has 7 nitrogen and oxygen atoms in total. The number of ether oxygens (including phenoxy) is 2. The van der Waals surface area contributed by atoms with E-state index in [0.717, 1.165) is 25.2 Å². The zero-order valence-corrected chi connectivity index (χ0v) is 12.9. The molecule has 2 aliphatic rings. The molecule has 120 valence electrons. The number of anilines is 1. The minimum Gasteiger partial charge on any atom is -0.480 e. The number of hydrogen-bond acceptors (Lipinski definition) is 6. The van der Waals surface area contributed by atoms with Crippen LogP contribution < -0.4 is 9.64 Å². The van der Waals surface area contributed by atoms with Crippen LogP contribution in [0.25, 0.3) is 0 Å². The quantitative estimate of drug-likeness (QED) is 0.813. The van der Waals surface area contributed by atoms with Crippen molar-refractivity contribution < 1.29 is 14.3 Å². The fourth-order valence-electron chi connectivity index (χ4n) is 3.02. The lowest BCUT2D eigenvalue weighted by Gasteiger charge is -2.36. The monoisotopic (exact) mass is 306 g/mol. The van der Waals surface area contributed by atoms with Crippen LogP contribution in [0.2, 0.25) is 0 Å². The van der Waals surface area contributed by atoms with Crippen molar-refractivity contribution >= 4 is 11.7 Å². The lowest BCUT2D eigenvalue weighted by atomic mass is 9.96. The van der Waals surface area contributed by atoms with Crippen LogP contribution >= 0.6 is 0 Å². The number of carbonyl (C=O) groups is 1. The molecule has 0 bridgehead atoms. The molecule has 3 rings (SSSR count). The molecule has 0 aromatic carbocycles. The number of amides is 1. The number of morpholine rings is 1. The highest BCUT2D eigenvalue weighted by Gasteiger charge is 2.30. The van der Waals surface area contributed by atoms with Crippen molar-refractivity contribution in [3.63, 3.8) is 0 Å². The van der Waals surface area contributed by atoms with Gasteiger partial charge in [-0.05, 0) is 18.9 Å². The van der Waals surface area contributed by atoms with Gasteiger partial charge in [0.15, 0.2) is 5.82 Å². The van der Waals surface area contributed by atoms with Gasteiger partial charge in [0.05, 0.1) is 26.2 Å². The molecular weight excluding hydrogens is 284 g/mol. The second-order valence-corrected chi connectivity index (χ2v) is 5.66. The van der Waals surface area contributed by atoms with E-state index in [0.29, 0.717) is 38.7 Å². The summed E-state index contributed by atoms with van der Waals surface area (Å²) in [6, 6.07) is 3.70. The van der Waals surface area contributed by atoms with E-state index in [1.807, 2.05) is 11.0 Å². The molecule has 0 aliphatic carbocycles. The normalized spacial score (nSPS) is 22.5. The molecule has 0 saturated carbocycles. The lowest BCUT2D eigenvalue weighted by molar-refractivity contribution is -0.139. The molecule has 1 atom stereocenters. The molecule has 7 heteroatoms. The summed E-state index contributed by atoms with van der Waals surface area (Å²) in [5, 5.41) is 8.19. The molecule has 22 heavy (non-hydrogen) atoms. The fourth-order valence-corrected chi connectivity index (χ4v) is 3.02. The molecule has 1 aromatic heterocycles. The third-order valence-corrected chi connectivity index (χ3v) is 4.25.